The van der Waals surface area contributed by atoms with E-state index < -0.39 is 0 Å². The molecule has 0 radical (unpaired) electrons. The molecule has 0 spiro atoms. The van der Waals surface area contributed by atoms with Crippen LogP contribution in [0.25, 0.3) is 0 Å². The molecule has 0 bridgehead atoms. The van der Waals surface area contributed by atoms with Crippen LogP contribution in [0.4, 0.5) is 10.5 Å². The molecular formula is C20H23Cl2N3O3. The van der Waals surface area contributed by atoms with Crippen LogP contribution in [0.5, 0.6) is 11.5 Å². The van der Waals surface area contributed by atoms with Crippen LogP contribution in [0, 0.1) is 0 Å². The quantitative estimate of drug-likeness (QED) is 0.724. The highest BCUT2D eigenvalue weighted by Gasteiger charge is 2.34. The lowest BCUT2D eigenvalue weighted by atomic mass is 10.1. The molecule has 0 saturated carbocycles. The predicted molar refractivity (Wildman–Crippen MR) is 112 cm³/mol. The Morgan fingerprint density at radius 1 is 1.14 bits per heavy atom. The lowest BCUT2D eigenvalue weighted by molar-refractivity contribution is 0.250. The van der Waals surface area contributed by atoms with Crippen LogP contribution >= 0.6 is 23.2 Å². The second-order valence-electron chi connectivity index (χ2n) is 6.73. The third kappa shape index (κ3) is 4.46. The molecule has 1 aliphatic rings. The second-order valence-corrected chi connectivity index (χ2v) is 7.55. The number of methoxy groups -OCH3 is 1. The normalized spacial score (nSPS) is 16.4. The van der Waals surface area contributed by atoms with E-state index in [1.165, 1.54) is 0 Å². The van der Waals surface area contributed by atoms with Crippen molar-refractivity contribution in [2.24, 2.45) is 0 Å². The topological polar surface area (TPSA) is 54.0 Å². The molecule has 1 atom stereocenters. The van der Waals surface area contributed by atoms with Crippen LogP contribution in [-0.2, 0) is 0 Å². The zero-order valence-corrected chi connectivity index (χ0v) is 17.5. The zero-order chi connectivity index (χ0) is 20.3. The van der Waals surface area contributed by atoms with Gasteiger partial charge in [0.15, 0.2) is 11.5 Å². The number of urea groups is 1. The van der Waals surface area contributed by atoms with E-state index in [9.17, 15) is 4.79 Å². The number of rotatable bonds is 7. The molecule has 1 heterocycles. The molecular weight excluding hydrogens is 401 g/mol. The molecule has 6 nitrogen and oxygen atoms in total. The first-order valence-corrected chi connectivity index (χ1v) is 9.64. The van der Waals surface area contributed by atoms with Crippen LogP contribution in [0.3, 0.4) is 0 Å². The van der Waals surface area contributed by atoms with Gasteiger partial charge >= 0.3 is 6.03 Å². The molecule has 1 saturated heterocycles. The average Bonchev–Trinajstić information content (AvgIpc) is 3.05. The van der Waals surface area contributed by atoms with E-state index in [1.54, 1.807) is 30.2 Å². The molecule has 28 heavy (non-hydrogen) atoms. The summed E-state index contributed by atoms with van der Waals surface area (Å²) in [4.78, 5) is 16.3. The van der Waals surface area contributed by atoms with Crippen molar-refractivity contribution in [3.8, 4) is 11.5 Å². The summed E-state index contributed by atoms with van der Waals surface area (Å²) in [6.07, 6.45) is 0. The Labute approximate surface area is 174 Å². The highest BCUT2D eigenvalue weighted by atomic mass is 35.5. The summed E-state index contributed by atoms with van der Waals surface area (Å²) in [6, 6.07) is 10.5. The van der Waals surface area contributed by atoms with E-state index in [1.807, 2.05) is 37.2 Å². The smallest absolute Gasteiger partial charge is 0.322 e. The first kappa shape index (κ1) is 20.6. The number of anilines is 1. The maximum Gasteiger partial charge on any atom is 0.322 e. The van der Waals surface area contributed by atoms with Crippen LogP contribution in [0.15, 0.2) is 36.4 Å². The van der Waals surface area contributed by atoms with Gasteiger partial charge in [0.1, 0.15) is 6.61 Å². The zero-order valence-electron chi connectivity index (χ0n) is 16.0. The minimum Gasteiger partial charge on any atom is -0.493 e. The number of carbonyl (C=O) groups is 1. The van der Waals surface area contributed by atoms with Crippen LogP contribution in [-0.4, -0.2) is 51.8 Å². The second kappa shape index (κ2) is 8.90. The van der Waals surface area contributed by atoms with Gasteiger partial charge in [-0.3, -0.25) is 4.90 Å². The van der Waals surface area contributed by atoms with Gasteiger partial charge in [0.2, 0.25) is 0 Å². The van der Waals surface area contributed by atoms with Gasteiger partial charge in [0, 0.05) is 19.2 Å². The summed E-state index contributed by atoms with van der Waals surface area (Å²) in [7, 11) is 5.55. The molecule has 1 fully saturated rings. The molecule has 2 aromatic rings. The van der Waals surface area contributed by atoms with Gasteiger partial charge in [0.05, 0.1) is 28.9 Å². The number of hydrogen-bond donors (Lipinski definition) is 1. The maximum atomic E-state index is 12.6. The Bertz CT molecular complexity index is 861. The highest BCUT2D eigenvalue weighted by molar-refractivity contribution is 6.42. The summed E-state index contributed by atoms with van der Waals surface area (Å²) < 4.78 is 11.3. The summed E-state index contributed by atoms with van der Waals surface area (Å²) >= 11 is 12.2. The lowest BCUT2D eigenvalue weighted by Gasteiger charge is -2.25. The number of ether oxygens (including phenoxy) is 2. The Morgan fingerprint density at radius 2 is 1.93 bits per heavy atom. The molecule has 150 valence electrons. The van der Waals surface area contributed by atoms with Crippen molar-refractivity contribution in [1.82, 2.24) is 10.2 Å². The van der Waals surface area contributed by atoms with Crippen LogP contribution in [0.2, 0.25) is 10.0 Å². The van der Waals surface area contributed by atoms with Crippen molar-refractivity contribution >= 4 is 34.9 Å². The van der Waals surface area contributed by atoms with E-state index in [0.29, 0.717) is 40.4 Å². The van der Waals surface area contributed by atoms with Gasteiger partial charge in [-0.05, 0) is 43.9 Å². The van der Waals surface area contributed by atoms with Crippen molar-refractivity contribution in [3.05, 3.63) is 52.0 Å². The van der Waals surface area contributed by atoms with E-state index in [4.69, 9.17) is 32.7 Å². The fourth-order valence-corrected chi connectivity index (χ4v) is 3.36. The van der Waals surface area contributed by atoms with Gasteiger partial charge in [-0.25, -0.2) is 4.79 Å². The van der Waals surface area contributed by atoms with Crippen LogP contribution in [0.1, 0.15) is 11.6 Å². The maximum absolute atomic E-state index is 12.6. The number of nitrogens with one attached hydrogen (secondary N) is 1. The van der Waals surface area contributed by atoms with E-state index >= 15 is 0 Å². The predicted octanol–water partition coefficient (Wildman–Crippen LogP) is 4.21. The number of nitrogens with zero attached hydrogens (tertiary/aromatic N) is 2. The standard InChI is InChI=1S/C20H23Cl2N3O3/c1-24(2)8-9-28-19-11-14(5-7-18(19)27-3)25-17(12-23-20(25)26)13-4-6-15(21)16(22)10-13/h4-7,10-11,17H,8-9,12H2,1-3H3,(H,23,26). The molecule has 3 rings (SSSR count). The van der Waals surface area contributed by atoms with Crippen molar-refractivity contribution in [2.45, 2.75) is 6.04 Å². The average molecular weight is 424 g/mol. The molecule has 2 aromatic carbocycles. The lowest BCUT2D eigenvalue weighted by Crippen LogP contribution is -2.29. The SMILES string of the molecule is COc1ccc(N2C(=O)NCC2c2ccc(Cl)c(Cl)c2)cc1OCCN(C)C. The molecule has 8 heteroatoms. The summed E-state index contributed by atoms with van der Waals surface area (Å²) in [5, 5.41) is 3.83. The summed E-state index contributed by atoms with van der Waals surface area (Å²) in [6.45, 7) is 1.75. The fourth-order valence-electron chi connectivity index (χ4n) is 3.05. The third-order valence-electron chi connectivity index (χ3n) is 4.53. The van der Waals surface area contributed by atoms with Crippen molar-refractivity contribution < 1.29 is 14.3 Å². The first-order valence-electron chi connectivity index (χ1n) is 8.88. The number of halogens is 2. The Balaban J connectivity index is 1.90. The van der Waals surface area contributed by atoms with Crippen molar-refractivity contribution in [1.29, 1.82) is 0 Å². The first-order chi connectivity index (χ1) is 13.4. The van der Waals surface area contributed by atoms with Crippen LogP contribution < -0.4 is 19.7 Å². The third-order valence-corrected chi connectivity index (χ3v) is 5.27. The fraction of sp³-hybridized carbons (Fsp3) is 0.350. The highest BCUT2D eigenvalue weighted by Crippen LogP contribution is 2.38. The molecule has 0 aromatic heterocycles. The molecule has 0 aliphatic carbocycles. The van der Waals surface area contributed by atoms with E-state index in [0.717, 1.165) is 12.1 Å². The van der Waals surface area contributed by atoms with Gasteiger partial charge in [-0.1, -0.05) is 29.3 Å². The van der Waals surface area contributed by atoms with Crippen molar-refractivity contribution in [3.63, 3.8) is 0 Å². The largest absolute Gasteiger partial charge is 0.493 e. The Hall–Kier alpha value is -2.15. The van der Waals surface area contributed by atoms with Gasteiger partial charge in [-0.2, -0.15) is 0 Å². The molecule has 1 aliphatic heterocycles. The molecule has 1 N–H and O–H groups in total. The monoisotopic (exact) mass is 423 g/mol. The summed E-state index contributed by atoms with van der Waals surface area (Å²) in [5.41, 5.74) is 1.62. The Morgan fingerprint density at radius 3 is 2.61 bits per heavy atom. The Kier molecular flexibility index (Phi) is 6.54. The van der Waals surface area contributed by atoms with E-state index in [2.05, 4.69) is 5.32 Å². The number of benzene rings is 2. The number of amides is 2. The van der Waals surface area contributed by atoms with Gasteiger partial charge in [0.25, 0.3) is 0 Å². The number of carbonyl (C=O) groups excluding carboxylic acids is 1. The summed E-state index contributed by atoms with van der Waals surface area (Å²) in [5.74, 6) is 1.21. The molecule has 2 amide bonds. The van der Waals surface area contributed by atoms with E-state index in [-0.39, 0.29) is 12.1 Å². The number of hydrogen-bond acceptors (Lipinski definition) is 4. The minimum atomic E-state index is -0.203. The minimum absolute atomic E-state index is 0.180. The molecule has 1 unspecified atom stereocenters. The van der Waals surface area contributed by atoms with Gasteiger partial charge < -0.3 is 19.7 Å². The van der Waals surface area contributed by atoms with Gasteiger partial charge in [-0.15, -0.1) is 0 Å². The number of likely N-dealkylation sites (N-methyl/N-ethyl adjacent to an activating group) is 1. The van der Waals surface area contributed by atoms with Crippen molar-refractivity contribution in [2.75, 3.05) is 45.8 Å².